The topological polar surface area (TPSA) is 72.3 Å². The normalized spacial score (nSPS) is 15.4. The van der Waals surface area contributed by atoms with Crippen LogP contribution in [0.2, 0.25) is 0 Å². The molecule has 0 aliphatic carbocycles. The predicted molar refractivity (Wildman–Crippen MR) is 93.2 cm³/mol. The van der Waals surface area contributed by atoms with Gasteiger partial charge >= 0.3 is 0 Å². The smallest absolute Gasteiger partial charge is 0.239 e. The van der Waals surface area contributed by atoms with Crippen molar-refractivity contribution in [2.45, 2.75) is 6.92 Å². The van der Waals surface area contributed by atoms with Crippen molar-refractivity contribution in [2.75, 3.05) is 42.9 Å². The van der Waals surface area contributed by atoms with Gasteiger partial charge in [0, 0.05) is 31.6 Å². The summed E-state index contributed by atoms with van der Waals surface area (Å²) >= 11 is 3.04. The Hall–Kier alpha value is -1.95. The highest BCUT2D eigenvalue weighted by molar-refractivity contribution is 7.14. The molecule has 0 unspecified atom stereocenters. The fourth-order valence-electron chi connectivity index (χ4n) is 2.45. The fraction of sp³-hybridized carbons (Fsp3) is 0.400. The number of nitrogens with one attached hydrogen (secondary N) is 1. The Kier molecular flexibility index (Phi) is 4.91. The Morgan fingerprint density at radius 3 is 2.83 bits per heavy atom. The minimum Gasteiger partial charge on any atom is -0.346 e. The molecule has 0 saturated carbocycles. The van der Waals surface area contributed by atoms with Gasteiger partial charge < -0.3 is 10.2 Å². The van der Waals surface area contributed by atoms with Crippen molar-refractivity contribution in [3.8, 4) is 6.07 Å². The monoisotopic (exact) mass is 347 g/mol. The molecule has 0 spiro atoms. The zero-order valence-corrected chi connectivity index (χ0v) is 14.4. The van der Waals surface area contributed by atoms with E-state index in [-0.39, 0.29) is 5.91 Å². The number of hydrogen-bond acceptors (Lipinski definition) is 7. The van der Waals surface area contributed by atoms with Crippen molar-refractivity contribution >= 4 is 38.7 Å². The van der Waals surface area contributed by atoms with Gasteiger partial charge in [0.2, 0.25) is 5.91 Å². The Morgan fingerprint density at radius 2 is 2.17 bits per heavy atom. The molecule has 120 valence electrons. The number of aromatic nitrogens is 1. The predicted octanol–water partition coefficient (Wildman–Crippen LogP) is 2.15. The molecule has 0 atom stereocenters. The van der Waals surface area contributed by atoms with E-state index >= 15 is 0 Å². The van der Waals surface area contributed by atoms with E-state index in [1.165, 1.54) is 11.3 Å². The number of carbonyl (C=O) groups is 1. The summed E-state index contributed by atoms with van der Waals surface area (Å²) in [5, 5.41) is 17.4. The second-order valence-electron chi connectivity index (χ2n) is 5.36. The van der Waals surface area contributed by atoms with Gasteiger partial charge in [-0.25, -0.2) is 4.98 Å². The van der Waals surface area contributed by atoms with E-state index in [4.69, 9.17) is 5.26 Å². The van der Waals surface area contributed by atoms with Gasteiger partial charge in [0.15, 0.2) is 5.13 Å². The van der Waals surface area contributed by atoms with Gasteiger partial charge in [-0.2, -0.15) is 5.26 Å². The third-order valence-corrected chi connectivity index (χ3v) is 5.50. The van der Waals surface area contributed by atoms with Crippen LogP contribution in [0, 0.1) is 18.3 Å². The van der Waals surface area contributed by atoms with Crippen molar-refractivity contribution in [1.29, 1.82) is 5.26 Å². The molecule has 2 aromatic heterocycles. The number of amides is 1. The van der Waals surface area contributed by atoms with Gasteiger partial charge in [-0.3, -0.25) is 9.69 Å². The Balaban J connectivity index is 1.49. The summed E-state index contributed by atoms with van der Waals surface area (Å²) in [5.41, 5.74) is 1.57. The maximum absolute atomic E-state index is 12.1. The van der Waals surface area contributed by atoms with Crippen LogP contribution in [-0.4, -0.2) is 48.5 Å². The standard InChI is InChI=1S/C15H17N5OS2/c1-11-10-23-15(17-11)20-5-3-19(4-6-20)9-13(21)18-14-12(8-16)2-7-22-14/h2,7,10H,3-6,9H2,1H3,(H,18,21). The molecule has 3 heterocycles. The van der Waals surface area contributed by atoms with Gasteiger partial charge in [0.25, 0.3) is 0 Å². The molecular formula is C15H17N5OS2. The fourth-order valence-corrected chi connectivity index (χ4v) is 4.06. The van der Waals surface area contributed by atoms with Crippen molar-refractivity contribution in [3.05, 3.63) is 28.1 Å². The molecule has 1 amide bonds. The first-order valence-electron chi connectivity index (χ1n) is 7.32. The second kappa shape index (κ2) is 7.08. The van der Waals surface area contributed by atoms with Gasteiger partial charge in [0.05, 0.1) is 17.8 Å². The van der Waals surface area contributed by atoms with E-state index in [0.717, 1.165) is 37.0 Å². The summed E-state index contributed by atoms with van der Waals surface area (Å²) in [5.74, 6) is -0.0671. The van der Waals surface area contributed by atoms with Crippen LogP contribution in [0.3, 0.4) is 0 Å². The van der Waals surface area contributed by atoms with E-state index in [1.807, 2.05) is 12.3 Å². The minimum atomic E-state index is -0.0671. The van der Waals surface area contributed by atoms with E-state index in [9.17, 15) is 4.79 Å². The van der Waals surface area contributed by atoms with E-state index in [2.05, 4.69) is 31.5 Å². The van der Waals surface area contributed by atoms with Crippen molar-refractivity contribution < 1.29 is 4.79 Å². The average Bonchev–Trinajstić information content (AvgIpc) is 3.16. The Bertz CT molecular complexity index is 724. The average molecular weight is 347 g/mol. The molecule has 0 radical (unpaired) electrons. The number of nitrogens with zero attached hydrogens (tertiary/aromatic N) is 4. The van der Waals surface area contributed by atoms with Crippen LogP contribution in [0.15, 0.2) is 16.8 Å². The van der Waals surface area contributed by atoms with E-state index in [1.54, 1.807) is 17.4 Å². The highest BCUT2D eigenvalue weighted by Crippen LogP contribution is 2.23. The quantitative estimate of drug-likeness (QED) is 0.917. The highest BCUT2D eigenvalue weighted by Gasteiger charge is 2.21. The Morgan fingerprint density at radius 1 is 1.39 bits per heavy atom. The van der Waals surface area contributed by atoms with Crippen LogP contribution >= 0.6 is 22.7 Å². The third kappa shape index (κ3) is 3.88. The van der Waals surface area contributed by atoms with Crippen molar-refractivity contribution in [1.82, 2.24) is 9.88 Å². The molecule has 2 aromatic rings. The maximum atomic E-state index is 12.1. The van der Waals surface area contributed by atoms with Crippen LogP contribution < -0.4 is 10.2 Å². The zero-order chi connectivity index (χ0) is 16.2. The molecule has 1 aliphatic heterocycles. The molecule has 8 heteroatoms. The van der Waals surface area contributed by atoms with Gasteiger partial charge in [-0.1, -0.05) is 0 Å². The van der Waals surface area contributed by atoms with Crippen molar-refractivity contribution in [2.24, 2.45) is 0 Å². The van der Waals surface area contributed by atoms with E-state index < -0.39 is 0 Å². The number of piperazine rings is 1. The van der Waals surface area contributed by atoms with Gasteiger partial charge in [0.1, 0.15) is 11.1 Å². The molecule has 1 fully saturated rings. The Labute approximate surface area is 143 Å². The second-order valence-corrected chi connectivity index (χ2v) is 7.11. The molecule has 6 nitrogen and oxygen atoms in total. The lowest BCUT2D eigenvalue weighted by Gasteiger charge is -2.34. The lowest BCUT2D eigenvalue weighted by molar-refractivity contribution is -0.117. The zero-order valence-electron chi connectivity index (χ0n) is 12.8. The summed E-state index contributed by atoms with van der Waals surface area (Å²) in [4.78, 5) is 21.0. The highest BCUT2D eigenvalue weighted by atomic mass is 32.1. The third-order valence-electron chi connectivity index (χ3n) is 3.66. The number of aryl methyl sites for hydroxylation is 1. The van der Waals surface area contributed by atoms with Crippen molar-refractivity contribution in [3.63, 3.8) is 0 Å². The van der Waals surface area contributed by atoms with Gasteiger partial charge in [-0.05, 0) is 18.4 Å². The van der Waals surface area contributed by atoms with Crippen LogP contribution in [0.4, 0.5) is 10.1 Å². The van der Waals surface area contributed by atoms with Gasteiger partial charge in [-0.15, -0.1) is 22.7 Å². The summed E-state index contributed by atoms with van der Waals surface area (Å²) in [6.07, 6.45) is 0. The SMILES string of the molecule is Cc1csc(N2CCN(CC(=O)Nc3sccc3C#N)CC2)n1. The molecule has 1 saturated heterocycles. The molecule has 1 N–H and O–H groups in total. The number of carbonyl (C=O) groups excluding carboxylic acids is 1. The molecule has 1 aliphatic rings. The minimum absolute atomic E-state index is 0.0671. The van der Waals surface area contributed by atoms with Crippen LogP contribution in [0.25, 0.3) is 0 Å². The summed E-state index contributed by atoms with van der Waals surface area (Å²) < 4.78 is 0. The lowest BCUT2D eigenvalue weighted by Crippen LogP contribution is -2.48. The number of thiazole rings is 1. The van der Waals surface area contributed by atoms with Crippen LogP contribution in [0.1, 0.15) is 11.3 Å². The first-order valence-corrected chi connectivity index (χ1v) is 9.08. The summed E-state index contributed by atoms with van der Waals surface area (Å²) in [6.45, 7) is 5.78. The van der Waals surface area contributed by atoms with E-state index in [0.29, 0.717) is 17.1 Å². The molecular weight excluding hydrogens is 330 g/mol. The number of thiophene rings is 1. The number of hydrogen-bond donors (Lipinski definition) is 1. The molecule has 3 rings (SSSR count). The molecule has 0 bridgehead atoms. The lowest BCUT2D eigenvalue weighted by atomic mass is 10.3. The molecule has 23 heavy (non-hydrogen) atoms. The van der Waals surface area contributed by atoms with Crippen LogP contribution in [-0.2, 0) is 4.79 Å². The summed E-state index contributed by atoms with van der Waals surface area (Å²) in [6, 6.07) is 3.80. The molecule has 0 aromatic carbocycles. The number of anilines is 2. The van der Waals surface area contributed by atoms with Crippen LogP contribution in [0.5, 0.6) is 0 Å². The number of nitriles is 1. The maximum Gasteiger partial charge on any atom is 0.239 e. The summed E-state index contributed by atoms with van der Waals surface area (Å²) in [7, 11) is 0. The largest absolute Gasteiger partial charge is 0.346 e. The first-order chi connectivity index (χ1) is 11.2. The number of rotatable bonds is 4. The first kappa shape index (κ1) is 15.9.